The molecule has 7 heteroatoms. The first-order chi connectivity index (χ1) is 12.3. The molecule has 0 saturated heterocycles. The van der Waals surface area contributed by atoms with Crippen molar-refractivity contribution in [1.82, 2.24) is 20.6 Å². The van der Waals surface area contributed by atoms with Crippen molar-refractivity contribution in [2.75, 3.05) is 7.05 Å². The topological polar surface area (TPSA) is 62.2 Å². The number of benzene rings is 1. The van der Waals surface area contributed by atoms with Crippen molar-refractivity contribution in [2.45, 2.75) is 26.4 Å². The molecule has 0 bridgehead atoms. The van der Waals surface area contributed by atoms with Crippen molar-refractivity contribution in [3.8, 4) is 11.3 Å². The van der Waals surface area contributed by atoms with E-state index in [1.54, 1.807) is 29.7 Å². The normalized spacial score (nSPS) is 11.5. The number of aliphatic imine (C=N–C) groups is 1. The zero-order valence-corrected chi connectivity index (χ0v) is 16.0. The fourth-order valence-electron chi connectivity index (χ4n) is 2.27. The van der Waals surface area contributed by atoms with Gasteiger partial charge in [0.15, 0.2) is 5.96 Å². The number of thiazole rings is 2. The van der Waals surface area contributed by atoms with E-state index in [9.17, 15) is 0 Å². The van der Waals surface area contributed by atoms with E-state index in [0.29, 0.717) is 13.1 Å². The van der Waals surface area contributed by atoms with Crippen LogP contribution in [-0.2, 0) is 19.5 Å². The number of aromatic nitrogens is 2. The van der Waals surface area contributed by atoms with Crippen LogP contribution in [-0.4, -0.2) is 23.0 Å². The summed E-state index contributed by atoms with van der Waals surface area (Å²) in [7, 11) is 1.77. The molecule has 2 aromatic heterocycles. The van der Waals surface area contributed by atoms with Gasteiger partial charge < -0.3 is 10.6 Å². The molecule has 0 aliphatic rings. The summed E-state index contributed by atoms with van der Waals surface area (Å²) in [5, 5.41) is 10.8. The number of guanidine groups is 1. The quantitative estimate of drug-likeness (QED) is 0.512. The molecule has 0 saturated carbocycles. The number of nitrogens with zero attached hydrogens (tertiary/aromatic N) is 3. The second-order valence-electron chi connectivity index (χ2n) is 5.35. The van der Waals surface area contributed by atoms with Crippen molar-refractivity contribution in [1.29, 1.82) is 0 Å². The molecule has 0 fully saturated rings. The summed E-state index contributed by atoms with van der Waals surface area (Å²) in [4.78, 5) is 14.7. The van der Waals surface area contributed by atoms with Gasteiger partial charge in [0, 0.05) is 29.1 Å². The van der Waals surface area contributed by atoms with Gasteiger partial charge in [-0.2, -0.15) is 0 Å². The molecule has 0 amide bonds. The van der Waals surface area contributed by atoms with Gasteiger partial charge in [-0.05, 0) is 6.42 Å². The van der Waals surface area contributed by atoms with E-state index in [-0.39, 0.29) is 0 Å². The first-order valence-electron chi connectivity index (χ1n) is 8.16. The van der Waals surface area contributed by atoms with E-state index < -0.39 is 0 Å². The molecule has 0 radical (unpaired) electrons. The predicted molar refractivity (Wildman–Crippen MR) is 106 cm³/mol. The summed E-state index contributed by atoms with van der Waals surface area (Å²) in [6.07, 6.45) is 2.97. The molecule has 5 nitrogen and oxygen atoms in total. The Balaban J connectivity index is 1.52. The van der Waals surface area contributed by atoms with Crippen LogP contribution in [0.25, 0.3) is 11.3 Å². The van der Waals surface area contributed by atoms with Crippen LogP contribution in [0.5, 0.6) is 0 Å². The van der Waals surface area contributed by atoms with Crippen molar-refractivity contribution in [2.24, 2.45) is 4.99 Å². The molecule has 0 unspecified atom stereocenters. The van der Waals surface area contributed by atoms with E-state index in [1.165, 1.54) is 4.88 Å². The lowest BCUT2D eigenvalue weighted by Crippen LogP contribution is -2.36. The van der Waals surface area contributed by atoms with E-state index in [4.69, 9.17) is 0 Å². The lowest BCUT2D eigenvalue weighted by molar-refractivity contribution is 0.801. The maximum atomic E-state index is 4.68. The first-order valence-corrected chi connectivity index (χ1v) is 9.86. The van der Waals surface area contributed by atoms with E-state index in [0.717, 1.165) is 33.7 Å². The molecule has 0 atom stereocenters. The standard InChI is InChI=1S/C18H21N5S2/c1-3-14-9-20-16(25-14)10-21-18(19-2)22-11-17-23-15(12-24-17)13-7-5-4-6-8-13/h4-9,12H,3,10-11H2,1-2H3,(H2,19,21,22). The van der Waals surface area contributed by atoms with Gasteiger partial charge in [-0.15, -0.1) is 22.7 Å². The number of nitrogens with one attached hydrogen (secondary N) is 2. The zero-order valence-electron chi connectivity index (χ0n) is 14.3. The monoisotopic (exact) mass is 371 g/mol. The van der Waals surface area contributed by atoms with Crippen LogP contribution >= 0.6 is 22.7 Å². The third-order valence-corrected chi connectivity index (χ3v) is 5.60. The van der Waals surface area contributed by atoms with E-state index >= 15 is 0 Å². The van der Waals surface area contributed by atoms with Crippen LogP contribution in [0.2, 0.25) is 0 Å². The summed E-state index contributed by atoms with van der Waals surface area (Å²) in [6, 6.07) is 10.2. The van der Waals surface area contributed by atoms with Crippen molar-refractivity contribution >= 4 is 28.6 Å². The maximum Gasteiger partial charge on any atom is 0.191 e. The minimum atomic E-state index is 0.648. The highest BCUT2D eigenvalue weighted by Gasteiger charge is 2.06. The lowest BCUT2D eigenvalue weighted by atomic mass is 10.2. The average molecular weight is 372 g/mol. The van der Waals surface area contributed by atoms with Crippen LogP contribution < -0.4 is 10.6 Å². The van der Waals surface area contributed by atoms with Crippen LogP contribution in [0.3, 0.4) is 0 Å². The Labute approximate surface area is 155 Å². The average Bonchev–Trinajstić information content (AvgIpc) is 3.32. The van der Waals surface area contributed by atoms with Crippen molar-refractivity contribution < 1.29 is 0 Å². The molecular weight excluding hydrogens is 350 g/mol. The Morgan fingerprint density at radius 1 is 1.12 bits per heavy atom. The van der Waals surface area contributed by atoms with Gasteiger partial charge in [0.05, 0.1) is 18.8 Å². The second-order valence-corrected chi connectivity index (χ2v) is 7.49. The highest BCUT2D eigenvalue weighted by Crippen LogP contribution is 2.21. The summed E-state index contributed by atoms with van der Waals surface area (Å²) < 4.78 is 0. The highest BCUT2D eigenvalue weighted by molar-refractivity contribution is 7.11. The van der Waals surface area contributed by atoms with Gasteiger partial charge in [-0.25, -0.2) is 9.97 Å². The molecule has 2 N–H and O–H groups in total. The molecule has 2 heterocycles. The number of hydrogen-bond acceptors (Lipinski definition) is 5. The Kier molecular flexibility index (Phi) is 6.14. The molecule has 3 rings (SSSR count). The fourth-order valence-corrected chi connectivity index (χ4v) is 3.81. The zero-order chi connectivity index (χ0) is 17.5. The van der Waals surface area contributed by atoms with Gasteiger partial charge in [-0.3, -0.25) is 4.99 Å². The smallest absolute Gasteiger partial charge is 0.191 e. The molecule has 130 valence electrons. The van der Waals surface area contributed by atoms with Gasteiger partial charge in [0.1, 0.15) is 10.0 Å². The lowest BCUT2D eigenvalue weighted by Gasteiger charge is -2.09. The van der Waals surface area contributed by atoms with Crippen molar-refractivity contribution in [3.05, 3.63) is 56.8 Å². The SMILES string of the molecule is CCc1cnc(CNC(=NC)NCc2nc(-c3ccccc3)cs2)s1. The Morgan fingerprint density at radius 2 is 1.88 bits per heavy atom. The van der Waals surface area contributed by atoms with Gasteiger partial charge >= 0.3 is 0 Å². The molecular formula is C18H21N5S2. The van der Waals surface area contributed by atoms with E-state index in [2.05, 4.69) is 50.0 Å². The summed E-state index contributed by atoms with van der Waals surface area (Å²) >= 11 is 3.39. The van der Waals surface area contributed by atoms with Gasteiger partial charge in [0.2, 0.25) is 0 Å². The third-order valence-electron chi connectivity index (χ3n) is 3.61. The number of aryl methyl sites for hydroxylation is 1. The van der Waals surface area contributed by atoms with E-state index in [1.807, 2.05) is 24.4 Å². The fraction of sp³-hybridized carbons (Fsp3) is 0.278. The molecule has 0 spiro atoms. The highest BCUT2D eigenvalue weighted by atomic mass is 32.1. The van der Waals surface area contributed by atoms with Gasteiger partial charge in [-0.1, -0.05) is 37.3 Å². The second kappa shape index (κ2) is 8.73. The Morgan fingerprint density at radius 3 is 2.56 bits per heavy atom. The molecule has 3 aromatic rings. The largest absolute Gasteiger partial charge is 0.350 e. The molecule has 1 aromatic carbocycles. The van der Waals surface area contributed by atoms with Gasteiger partial charge in [0.25, 0.3) is 0 Å². The van der Waals surface area contributed by atoms with Crippen molar-refractivity contribution in [3.63, 3.8) is 0 Å². The Bertz CT molecular complexity index is 823. The summed E-state index contributed by atoms with van der Waals surface area (Å²) in [6.45, 7) is 3.47. The minimum Gasteiger partial charge on any atom is -0.350 e. The predicted octanol–water partition coefficient (Wildman–Crippen LogP) is 3.69. The van der Waals surface area contributed by atoms with Crippen LogP contribution in [0.4, 0.5) is 0 Å². The maximum absolute atomic E-state index is 4.68. The van der Waals surface area contributed by atoms with Crippen LogP contribution in [0.1, 0.15) is 21.8 Å². The molecule has 25 heavy (non-hydrogen) atoms. The minimum absolute atomic E-state index is 0.648. The van der Waals surface area contributed by atoms with Crippen LogP contribution in [0.15, 0.2) is 46.9 Å². The third kappa shape index (κ3) is 4.87. The number of rotatable bonds is 6. The first kappa shape index (κ1) is 17.6. The molecule has 0 aliphatic heterocycles. The number of hydrogen-bond donors (Lipinski definition) is 2. The Hall–Kier alpha value is -2.25. The summed E-state index contributed by atoms with van der Waals surface area (Å²) in [5.74, 6) is 0.754. The molecule has 0 aliphatic carbocycles. The van der Waals surface area contributed by atoms with Crippen LogP contribution in [0, 0.1) is 0 Å². The summed E-state index contributed by atoms with van der Waals surface area (Å²) in [5.41, 5.74) is 2.16.